The Labute approximate surface area is 178 Å². The molecule has 2 N–H and O–H groups in total. The fourth-order valence-corrected chi connectivity index (χ4v) is 4.25. The summed E-state index contributed by atoms with van der Waals surface area (Å²) in [7, 11) is 0. The van der Waals surface area contributed by atoms with Crippen LogP contribution in [0.4, 0.5) is 24.7 Å². The maximum absolute atomic E-state index is 13.3. The molecule has 5 nitrogen and oxygen atoms in total. The van der Waals surface area contributed by atoms with Crippen molar-refractivity contribution in [2.45, 2.75) is 45.5 Å². The van der Waals surface area contributed by atoms with E-state index in [1.807, 2.05) is 32.0 Å². The number of hydrogen-bond acceptors (Lipinski definition) is 5. The lowest BCUT2D eigenvalue weighted by molar-refractivity contribution is -0.138. The van der Waals surface area contributed by atoms with Gasteiger partial charge in [-0.05, 0) is 57.0 Å². The Balaban J connectivity index is 1.69. The number of benzene rings is 2. The summed E-state index contributed by atoms with van der Waals surface area (Å²) in [5.41, 5.74) is 1.15. The standard InChI is InChI=1S/C23H25F3N4O/c1-13-17(6-5-7-20(13)23(24,25)26)14(2)27-21-19-10-16(30-11-22(4,31)12-30)8-9-18(19)15(3)28-29-21/h5-10,14,31H,11-12H2,1-4H3,(H,27,29)/t14-/m1/s1. The average molecular weight is 430 g/mol. The number of β-amino-alcohol motifs (C(OH)–C–C–N with tert-alkyl or cyclic N) is 1. The van der Waals surface area contributed by atoms with E-state index in [0.717, 1.165) is 28.2 Å². The monoisotopic (exact) mass is 430 g/mol. The van der Waals surface area contributed by atoms with Gasteiger partial charge in [-0.3, -0.25) is 0 Å². The van der Waals surface area contributed by atoms with E-state index < -0.39 is 23.4 Å². The van der Waals surface area contributed by atoms with Crippen molar-refractivity contribution in [1.29, 1.82) is 0 Å². The molecule has 1 atom stereocenters. The van der Waals surface area contributed by atoms with Crippen LogP contribution in [-0.2, 0) is 6.18 Å². The molecule has 2 aromatic carbocycles. The van der Waals surface area contributed by atoms with E-state index in [1.54, 1.807) is 13.0 Å². The van der Waals surface area contributed by atoms with E-state index in [0.29, 0.717) is 24.5 Å². The molecule has 1 aliphatic heterocycles. The van der Waals surface area contributed by atoms with E-state index in [1.165, 1.54) is 13.0 Å². The van der Waals surface area contributed by atoms with Crippen molar-refractivity contribution in [3.63, 3.8) is 0 Å². The Bertz CT molecular complexity index is 1140. The molecule has 0 bridgehead atoms. The summed E-state index contributed by atoms with van der Waals surface area (Å²) in [5.74, 6) is 0.513. The highest BCUT2D eigenvalue weighted by atomic mass is 19.4. The van der Waals surface area contributed by atoms with Crippen molar-refractivity contribution in [3.8, 4) is 0 Å². The number of anilines is 2. The Morgan fingerprint density at radius 3 is 2.45 bits per heavy atom. The third-order valence-corrected chi connectivity index (χ3v) is 5.88. The molecule has 0 amide bonds. The topological polar surface area (TPSA) is 61.3 Å². The van der Waals surface area contributed by atoms with E-state index in [4.69, 9.17) is 0 Å². The molecule has 4 rings (SSSR count). The number of hydrogen-bond donors (Lipinski definition) is 2. The molecular weight excluding hydrogens is 405 g/mol. The zero-order chi connectivity index (χ0) is 22.6. The van der Waals surface area contributed by atoms with Crippen molar-refractivity contribution in [3.05, 3.63) is 58.8 Å². The van der Waals surface area contributed by atoms with Crippen LogP contribution in [0.3, 0.4) is 0 Å². The van der Waals surface area contributed by atoms with Gasteiger partial charge in [0.15, 0.2) is 5.82 Å². The number of rotatable bonds is 4. The molecule has 8 heteroatoms. The molecule has 0 aliphatic carbocycles. The first kappa shape index (κ1) is 21.4. The van der Waals surface area contributed by atoms with Crippen LogP contribution < -0.4 is 10.2 Å². The predicted molar refractivity (Wildman–Crippen MR) is 115 cm³/mol. The summed E-state index contributed by atoms with van der Waals surface area (Å²) in [6.07, 6.45) is -4.40. The molecule has 1 aliphatic rings. The van der Waals surface area contributed by atoms with Gasteiger partial charge in [0.2, 0.25) is 0 Å². The van der Waals surface area contributed by atoms with Crippen LogP contribution in [0.2, 0.25) is 0 Å². The number of aryl methyl sites for hydroxylation is 1. The largest absolute Gasteiger partial charge is 0.416 e. The quantitative estimate of drug-likeness (QED) is 0.609. The summed E-state index contributed by atoms with van der Waals surface area (Å²) < 4.78 is 40.0. The lowest BCUT2D eigenvalue weighted by Gasteiger charge is -2.45. The van der Waals surface area contributed by atoms with Gasteiger partial charge in [0.25, 0.3) is 0 Å². The van der Waals surface area contributed by atoms with E-state index in [9.17, 15) is 18.3 Å². The number of alkyl halides is 3. The Morgan fingerprint density at radius 2 is 1.81 bits per heavy atom. The number of nitrogens with zero attached hydrogens (tertiary/aromatic N) is 3. The third-order valence-electron chi connectivity index (χ3n) is 5.88. The van der Waals surface area contributed by atoms with Gasteiger partial charge in [-0.15, -0.1) is 5.10 Å². The lowest BCUT2D eigenvalue weighted by atomic mass is 9.95. The molecule has 1 aromatic heterocycles. The van der Waals surface area contributed by atoms with E-state index in [2.05, 4.69) is 20.4 Å². The molecule has 0 unspecified atom stereocenters. The average Bonchev–Trinajstić information content (AvgIpc) is 2.67. The molecule has 0 radical (unpaired) electrons. The Hall–Kier alpha value is -2.87. The predicted octanol–water partition coefficient (Wildman–Crippen LogP) is 5.01. The van der Waals surface area contributed by atoms with Crippen molar-refractivity contribution < 1.29 is 18.3 Å². The van der Waals surface area contributed by atoms with Gasteiger partial charge in [-0.25, -0.2) is 0 Å². The first-order valence-corrected chi connectivity index (χ1v) is 10.1. The van der Waals surface area contributed by atoms with E-state index >= 15 is 0 Å². The first-order chi connectivity index (χ1) is 14.5. The fraction of sp³-hybridized carbons (Fsp3) is 0.391. The molecule has 0 saturated carbocycles. The molecule has 0 spiro atoms. The molecule has 31 heavy (non-hydrogen) atoms. The van der Waals surface area contributed by atoms with Crippen molar-refractivity contribution in [2.75, 3.05) is 23.3 Å². The number of nitrogens with one attached hydrogen (secondary N) is 1. The van der Waals surface area contributed by atoms with Gasteiger partial charge in [-0.2, -0.15) is 18.3 Å². The Morgan fingerprint density at radius 1 is 1.10 bits per heavy atom. The van der Waals surface area contributed by atoms with Gasteiger partial charge in [0, 0.05) is 29.5 Å². The maximum Gasteiger partial charge on any atom is 0.416 e. The number of aromatic nitrogens is 2. The first-order valence-electron chi connectivity index (χ1n) is 10.1. The second kappa shape index (κ2) is 7.37. The normalized spacial score (nSPS) is 16.8. The maximum atomic E-state index is 13.3. The summed E-state index contributed by atoms with van der Waals surface area (Å²) in [6, 6.07) is 9.75. The molecular formula is C23H25F3N4O. The van der Waals surface area contributed by atoms with Gasteiger partial charge in [0.1, 0.15) is 0 Å². The van der Waals surface area contributed by atoms with Gasteiger partial charge in [0.05, 0.1) is 22.9 Å². The summed E-state index contributed by atoms with van der Waals surface area (Å²) in [4.78, 5) is 2.07. The van der Waals surface area contributed by atoms with Gasteiger partial charge < -0.3 is 15.3 Å². The van der Waals surface area contributed by atoms with Crippen molar-refractivity contribution in [1.82, 2.24) is 10.2 Å². The van der Waals surface area contributed by atoms with Crippen LogP contribution in [0.1, 0.15) is 42.3 Å². The number of fused-ring (bicyclic) bond motifs is 1. The SMILES string of the molecule is Cc1c([C@@H](C)Nc2nnc(C)c3ccc(N4CC(C)(O)C4)cc23)cccc1C(F)(F)F. The van der Waals surface area contributed by atoms with Gasteiger partial charge >= 0.3 is 6.18 Å². The fourth-order valence-electron chi connectivity index (χ4n) is 4.25. The molecule has 164 valence electrons. The van der Waals surface area contributed by atoms with Crippen LogP contribution in [0, 0.1) is 13.8 Å². The zero-order valence-electron chi connectivity index (χ0n) is 17.9. The van der Waals surface area contributed by atoms with Crippen molar-refractivity contribution >= 4 is 22.3 Å². The second-order valence-electron chi connectivity index (χ2n) is 8.60. The summed E-state index contributed by atoms with van der Waals surface area (Å²) in [5, 5.41) is 23.6. The smallest absolute Gasteiger partial charge is 0.386 e. The highest BCUT2D eigenvalue weighted by Crippen LogP contribution is 2.36. The number of halogens is 3. The molecule has 3 aromatic rings. The summed E-state index contributed by atoms with van der Waals surface area (Å²) in [6.45, 7) is 8.05. The minimum Gasteiger partial charge on any atom is -0.386 e. The van der Waals surface area contributed by atoms with Crippen LogP contribution in [0.25, 0.3) is 10.8 Å². The van der Waals surface area contributed by atoms with Crippen LogP contribution in [-0.4, -0.2) is 34.0 Å². The third kappa shape index (κ3) is 4.04. The van der Waals surface area contributed by atoms with Crippen LogP contribution >= 0.6 is 0 Å². The molecule has 1 saturated heterocycles. The van der Waals surface area contributed by atoms with Crippen LogP contribution in [0.15, 0.2) is 36.4 Å². The van der Waals surface area contributed by atoms with E-state index in [-0.39, 0.29) is 5.56 Å². The minimum absolute atomic E-state index is 0.197. The lowest BCUT2D eigenvalue weighted by Crippen LogP contribution is -2.60. The number of aliphatic hydroxyl groups is 1. The van der Waals surface area contributed by atoms with Crippen LogP contribution in [0.5, 0.6) is 0 Å². The highest BCUT2D eigenvalue weighted by Gasteiger charge is 2.37. The van der Waals surface area contributed by atoms with Crippen molar-refractivity contribution in [2.24, 2.45) is 0 Å². The summed E-state index contributed by atoms with van der Waals surface area (Å²) >= 11 is 0. The molecule has 2 heterocycles. The van der Waals surface area contributed by atoms with Gasteiger partial charge in [-0.1, -0.05) is 18.2 Å². The Kier molecular flexibility index (Phi) is 5.08. The minimum atomic E-state index is -4.40. The molecule has 1 fully saturated rings. The zero-order valence-corrected chi connectivity index (χ0v) is 17.9. The second-order valence-corrected chi connectivity index (χ2v) is 8.60. The highest BCUT2D eigenvalue weighted by molar-refractivity contribution is 5.95.